The summed E-state index contributed by atoms with van der Waals surface area (Å²) in [6, 6.07) is 11.1. The number of para-hydroxylation sites is 1. The molecule has 2 aromatic rings. The SMILES string of the molecule is Cc1c(C(F)(F)F)cccc1S(=O)(=O)Nc1ccccc1. The van der Waals surface area contributed by atoms with Gasteiger partial charge in [-0.1, -0.05) is 24.3 Å². The molecule has 0 unspecified atom stereocenters. The summed E-state index contributed by atoms with van der Waals surface area (Å²) in [7, 11) is -4.08. The molecule has 0 fully saturated rings. The van der Waals surface area contributed by atoms with Crippen LogP contribution in [0.15, 0.2) is 53.4 Å². The van der Waals surface area contributed by atoms with Crippen LogP contribution in [0.3, 0.4) is 0 Å². The average molecular weight is 315 g/mol. The van der Waals surface area contributed by atoms with Crippen LogP contribution >= 0.6 is 0 Å². The summed E-state index contributed by atoms with van der Waals surface area (Å²) in [6.45, 7) is 1.14. The maximum Gasteiger partial charge on any atom is 0.416 e. The van der Waals surface area contributed by atoms with Gasteiger partial charge in [-0.3, -0.25) is 4.72 Å². The first-order valence-electron chi connectivity index (χ1n) is 5.96. The maximum absolute atomic E-state index is 12.8. The van der Waals surface area contributed by atoms with Gasteiger partial charge >= 0.3 is 6.18 Å². The third kappa shape index (κ3) is 3.36. The third-order valence-electron chi connectivity index (χ3n) is 2.91. The molecule has 1 N–H and O–H groups in total. The smallest absolute Gasteiger partial charge is 0.280 e. The lowest BCUT2D eigenvalue weighted by Gasteiger charge is -2.15. The van der Waals surface area contributed by atoms with Crippen LogP contribution in [0.1, 0.15) is 11.1 Å². The van der Waals surface area contributed by atoms with Crippen molar-refractivity contribution in [2.24, 2.45) is 0 Å². The summed E-state index contributed by atoms with van der Waals surface area (Å²) in [5.74, 6) is 0. The molecule has 0 saturated heterocycles. The molecule has 112 valence electrons. The highest BCUT2D eigenvalue weighted by atomic mass is 32.2. The zero-order valence-electron chi connectivity index (χ0n) is 11.0. The average Bonchev–Trinajstić information content (AvgIpc) is 2.38. The van der Waals surface area contributed by atoms with E-state index in [2.05, 4.69) is 4.72 Å². The van der Waals surface area contributed by atoms with E-state index in [-0.39, 0.29) is 16.1 Å². The number of sulfonamides is 1. The first-order valence-corrected chi connectivity index (χ1v) is 7.45. The van der Waals surface area contributed by atoms with E-state index in [1.807, 2.05) is 0 Å². The highest BCUT2D eigenvalue weighted by Crippen LogP contribution is 2.34. The van der Waals surface area contributed by atoms with E-state index in [1.54, 1.807) is 18.2 Å². The Morgan fingerprint density at radius 1 is 0.952 bits per heavy atom. The predicted octanol–water partition coefficient (Wildman–Crippen LogP) is 3.81. The van der Waals surface area contributed by atoms with E-state index < -0.39 is 21.8 Å². The number of nitrogens with one attached hydrogen (secondary N) is 1. The summed E-state index contributed by atoms with van der Waals surface area (Å²) in [5, 5.41) is 0. The molecule has 0 bridgehead atoms. The van der Waals surface area contributed by atoms with E-state index in [0.717, 1.165) is 25.1 Å². The first-order chi connectivity index (χ1) is 9.72. The second-order valence-electron chi connectivity index (χ2n) is 4.40. The van der Waals surface area contributed by atoms with E-state index in [0.29, 0.717) is 0 Å². The molecule has 0 spiro atoms. The fourth-order valence-corrected chi connectivity index (χ4v) is 3.26. The highest BCUT2D eigenvalue weighted by Gasteiger charge is 2.34. The number of hydrogen-bond donors (Lipinski definition) is 1. The van der Waals surface area contributed by atoms with Crippen LogP contribution in [0.5, 0.6) is 0 Å². The van der Waals surface area contributed by atoms with Gasteiger partial charge in [0.2, 0.25) is 0 Å². The van der Waals surface area contributed by atoms with Crippen molar-refractivity contribution in [3.05, 3.63) is 59.7 Å². The quantitative estimate of drug-likeness (QED) is 0.936. The second-order valence-corrected chi connectivity index (χ2v) is 6.05. The molecule has 0 aliphatic heterocycles. The van der Waals surface area contributed by atoms with E-state index in [1.165, 1.54) is 12.1 Å². The van der Waals surface area contributed by atoms with Gasteiger partial charge in [-0.2, -0.15) is 13.2 Å². The Kier molecular flexibility index (Phi) is 3.95. The molecule has 21 heavy (non-hydrogen) atoms. The lowest BCUT2D eigenvalue weighted by molar-refractivity contribution is -0.138. The number of anilines is 1. The molecule has 2 aromatic carbocycles. The normalized spacial score (nSPS) is 12.2. The monoisotopic (exact) mass is 315 g/mol. The minimum atomic E-state index is -4.59. The summed E-state index contributed by atoms with van der Waals surface area (Å²) >= 11 is 0. The summed E-state index contributed by atoms with van der Waals surface area (Å²) in [4.78, 5) is -0.388. The summed E-state index contributed by atoms with van der Waals surface area (Å²) < 4.78 is 65.2. The van der Waals surface area contributed by atoms with Crippen LogP contribution in [0, 0.1) is 6.92 Å². The van der Waals surface area contributed by atoms with Crippen molar-refractivity contribution in [3.63, 3.8) is 0 Å². The van der Waals surface area contributed by atoms with Gasteiger partial charge in [0.15, 0.2) is 0 Å². The number of benzene rings is 2. The molecule has 0 heterocycles. The Hall–Kier alpha value is -2.02. The molecule has 2 rings (SSSR count). The second kappa shape index (κ2) is 5.40. The van der Waals surface area contributed by atoms with Gasteiger partial charge in [0.25, 0.3) is 10.0 Å². The minimum Gasteiger partial charge on any atom is -0.280 e. The van der Waals surface area contributed by atoms with Crippen LogP contribution < -0.4 is 4.72 Å². The van der Waals surface area contributed by atoms with Crippen LogP contribution in [-0.4, -0.2) is 8.42 Å². The molecule has 0 atom stereocenters. The Morgan fingerprint density at radius 2 is 1.57 bits per heavy atom. The van der Waals surface area contributed by atoms with Crippen LogP contribution in [0.4, 0.5) is 18.9 Å². The molecule has 0 saturated carbocycles. The first kappa shape index (κ1) is 15.4. The molecular weight excluding hydrogens is 303 g/mol. The van der Waals surface area contributed by atoms with Gasteiger partial charge in [-0.05, 0) is 36.8 Å². The van der Waals surface area contributed by atoms with Crippen molar-refractivity contribution in [1.82, 2.24) is 0 Å². The summed E-state index contributed by atoms with van der Waals surface area (Å²) in [5.41, 5.74) is -0.999. The third-order valence-corrected chi connectivity index (χ3v) is 4.43. The van der Waals surface area contributed by atoms with Crippen molar-refractivity contribution in [2.75, 3.05) is 4.72 Å². The topological polar surface area (TPSA) is 46.2 Å². The molecule has 7 heteroatoms. The fourth-order valence-electron chi connectivity index (χ4n) is 1.93. The number of hydrogen-bond acceptors (Lipinski definition) is 2. The molecule has 0 amide bonds. The molecule has 0 aromatic heterocycles. The molecule has 0 aliphatic rings. The van der Waals surface area contributed by atoms with Gasteiger partial charge in [0, 0.05) is 5.69 Å². The van der Waals surface area contributed by atoms with Crippen LogP contribution in [0.25, 0.3) is 0 Å². The number of rotatable bonds is 3. The van der Waals surface area contributed by atoms with Crippen molar-refractivity contribution < 1.29 is 21.6 Å². The van der Waals surface area contributed by atoms with Crippen molar-refractivity contribution in [1.29, 1.82) is 0 Å². The van der Waals surface area contributed by atoms with Gasteiger partial charge in [-0.25, -0.2) is 8.42 Å². The van der Waals surface area contributed by atoms with Crippen molar-refractivity contribution >= 4 is 15.7 Å². The van der Waals surface area contributed by atoms with Gasteiger partial charge in [-0.15, -0.1) is 0 Å². The van der Waals surface area contributed by atoms with Crippen LogP contribution in [-0.2, 0) is 16.2 Å². The van der Waals surface area contributed by atoms with Crippen molar-refractivity contribution in [3.8, 4) is 0 Å². The standard InChI is InChI=1S/C14H12F3NO2S/c1-10-12(14(15,16)17)8-5-9-13(10)21(19,20)18-11-6-3-2-4-7-11/h2-9,18H,1H3. The lowest BCUT2D eigenvalue weighted by Crippen LogP contribution is -2.17. The Bertz CT molecular complexity index is 741. The van der Waals surface area contributed by atoms with E-state index in [9.17, 15) is 21.6 Å². The maximum atomic E-state index is 12.8. The van der Waals surface area contributed by atoms with Gasteiger partial charge < -0.3 is 0 Å². The van der Waals surface area contributed by atoms with E-state index >= 15 is 0 Å². The fraction of sp³-hybridized carbons (Fsp3) is 0.143. The minimum absolute atomic E-state index is 0.286. The largest absolute Gasteiger partial charge is 0.416 e. The lowest BCUT2D eigenvalue weighted by atomic mass is 10.1. The highest BCUT2D eigenvalue weighted by molar-refractivity contribution is 7.92. The van der Waals surface area contributed by atoms with E-state index in [4.69, 9.17) is 0 Å². The zero-order chi connectivity index (χ0) is 15.7. The molecular formula is C14H12F3NO2S. The predicted molar refractivity (Wildman–Crippen MR) is 73.4 cm³/mol. The summed E-state index contributed by atoms with van der Waals surface area (Å²) in [6.07, 6.45) is -4.59. The van der Waals surface area contributed by atoms with Gasteiger partial charge in [0.05, 0.1) is 10.5 Å². The number of alkyl halides is 3. The number of halogens is 3. The Balaban J connectivity index is 2.47. The molecule has 0 aliphatic carbocycles. The molecule has 0 radical (unpaired) electrons. The Morgan fingerprint density at radius 3 is 2.14 bits per heavy atom. The van der Waals surface area contributed by atoms with Crippen molar-refractivity contribution in [2.45, 2.75) is 18.0 Å². The Labute approximate surface area is 120 Å². The molecule has 3 nitrogen and oxygen atoms in total. The van der Waals surface area contributed by atoms with Crippen LogP contribution in [0.2, 0.25) is 0 Å². The van der Waals surface area contributed by atoms with Gasteiger partial charge in [0.1, 0.15) is 0 Å². The zero-order valence-corrected chi connectivity index (χ0v) is 11.8.